The minimum Gasteiger partial charge on any atom is -0.350 e. The van der Waals surface area contributed by atoms with Gasteiger partial charge in [0.2, 0.25) is 0 Å². The first kappa shape index (κ1) is 13.5. The van der Waals surface area contributed by atoms with Crippen LogP contribution in [-0.2, 0) is 6.42 Å². The summed E-state index contributed by atoms with van der Waals surface area (Å²) in [6.45, 7) is 2.73. The van der Waals surface area contributed by atoms with Gasteiger partial charge in [-0.3, -0.25) is 0 Å². The molecule has 5 heteroatoms. The van der Waals surface area contributed by atoms with Crippen molar-refractivity contribution in [2.24, 2.45) is 0 Å². The molecule has 2 rings (SSSR count). The summed E-state index contributed by atoms with van der Waals surface area (Å²) in [6, 6.07) is 0.184. The van der Waals surface area contributed by atoms with Crippen LogP contribution in [-0.4, -0.2) is 28.4 Å². The summed E-state index contributed by atoms with van der Waals surface area (Å²) in [4.78, 5) is 10.1. The van der Waals surface area contributed by atoms with E-state index >= 15 is 0 Å². The Morgan fingerprint density at radius 3 is 2.94 bits per heavy atom. The molecule has 1 aliphatic heterocycles. The van der Waals surface area contributed by atoms with Gasteiger partial charge in [-0.25, -0.2) is 14.4 Å². The van der Waals surface area contributed by atoms with Gasteiger partial charge in [-0.15, -0.1) is 11.6 Å². The normalized spacial score (nSPS) is 20.8. The number of rotatable bonds is 3. The van der Waals surface area contributed by atoms with Gasteiger partial charge < -0.3 is 4.90 Å². The van der Waals surface area contributed by atoms with Crippen molar-refractivity contribution in [3.05, 3.63) is 17.8 Å². The van der Waals surface area contributed by atoms with Crippen LogP contribution in [0.5, 0.6) is 0 Å². The molecule has 0 aliphatic carbocycles. The lowest BCUT2D eigenvalue weighted by atomic mass is 10.1. The molecule has 0 amide bonds. The molecular formula is C13H19ClFN3. The van der Waals surface area contributed by atoms with E-state index in [0.717, 1.165) is 25.8 Å². The molecule has 1 atom stereocenters. The van der Waals surface area contributed by atoms with Crippen LogP contribution in [0.1, 0.15) is 38.3 Å². The van der Waals surface area contributed by atoms with Gasteiger partial charge in [0.15, 0.2) is 11.6 Å². The van der Waals surface area contributed by atoms with Crippen LogP contribution in [0.3, 0.4) is 0 Å². The minimum absolute atomic E-state index is 0.184. The molecule has 1 aromatic heterocycles. The SMILES string of the molecule is CCc1ncnc(N2CCCCCC2CCl)c1F. The summed E-state index contributed by atoms with van der Waals surface area (Å²) < 4.78 is 14.3. The van der Waals surface area contributed by atoms with E-state index in [4.69, 9.17) is 11.6 Å². The van der Waals surface area contributed by atoms with E-state index in [-0.39, 0.29) is 11.9 Å². The second kappa shape index (κ2) is 6.32. The summed E-state index contributed by atoms with van der Waals surface area (Å²) in [5, 5.41) is 0. The maximum Gasteiger partial charge on any atom is 0.187 e. The Bertz CT molecular complexity index is 400. The average molecular weight is 272 g/mol. The quantitative estimate of drug-likeness (QED) is 0.791. The topological polar surface area (TPSA) is 29.0 Å². The van der Waals surface area contributed by atoms with Gasteiger partial charge in [0.25, 0.3) is 0 Å². The second-order valence-electron chi connectivity index (χ2n) is 4.66. The first-order valence-electron chi connectivity index (χ1n) is 6.60. The lowest BCUT2D eigenvalue weighted by Crippen LogP contribution is -2.37. The van der Waals surface area contributed by atoms with Crippen molar-refractivity contribution >= 4 is 17.4 Å². The highest BCUT2D eigenvalue weighted by Gasteiger charge is 2.25. The molecule has 1 saturated heterocycles. The van der Waals surface area contributed by atoms with Crippen LogP contribution in [0.15, 0.2) is 6.33 Å². The maximum absolute atomic E-state index is 14.3. The van der Waals surface area contributed by atoms with E-state index in [1.54, 1.807) is 0 Å². The van der Waals surface area contributed by atoms with Crippen LogP contribution in [0, 0.1) is 5.82 Å². The lowest BCUT2D eigenvalue weighted by molar-refractivity contribution is 0.558. The van der Waals surface area contributed by atoms with Gasteiger partial charge in [-0.1, -0.05) is 19.8 Å². The number of alkyl halides is 1. The summed E-state index contributed by atoms with van der Waals surface area (Å²) in [5.74, 6) is 0.664. The molecule has 3 nitrogen and oxygen atoms in total. The molecule has 0 aromatic carbocycles. The fraction of sp³-hybridized carbons (Fsp3) is 0.692. The maximum atomic E-state index is 14.3. The molecule has 0 N–H and O–H groups in total. The molecule has 0 spiro atoms. The largest absolute Gasteiger partial charge is 0.350 e. The molecule has 2 heterocycles. The highest BCUT2D eigenvalue weighted by molar-refractivity contribution is 6.18. The van der Waals surface area contributed by atoms with E-state index in [0.29, 0.717) is 23.8 Å². The van der Waals surface area contributed by atoms with Crippen LogP contribution in [0.25, 0.3) is 0 Å². The van der Waals surface area contributed by atoms with Crippen LogP contribution < -0.4 is 4.90 Å². The van der Waals surface area contributed by atoms with Crippen LogP contribution in [0.4, 0.5) is 10.2 Å². The van der Waals surface area contributed by atoms with E-state index in [1.165, 1.54) is 12.7 Å². The fourth-order valence-corrected chi connectivity index (χ4v) is 2.78. The van der Waals surface area contributed by atoms with Gasteiger partial charge in [0, 0.05) is 18.5 Å². The van der Waals surface area contributed by atoms with Crippen molar-refractivity contribution < 1.29 is 4.39 Å². The summed E-state index contributed by atoms with van der Waals surface area (Å²) >= 11 is 6.02. The third-order valence-electron chi connectivity index (χ3n) is 3.51. The number of hydrogen-bond donors (Lipinski definition) is 0. The third kappa shape index (κ3) is 2.74. The van der Waals surface area contributed by atoms with Crippen molar-refractivity contribution in [2.75, 3.05) is 17.3 Å². The fourth-order valence-electron chi connectivity index (χ4n) is 2.46. The Hall–Kier alpha value is -0.900. The van der Waals surface area contributed by atoms with Crippen molar-refractivity contribution in [3.63, 3.8) is 0 Å². The first-order chi connectivity index (χ1) is 8.77. The average Bonchev–Trinajstić information content (AvgIpc) is 2.64. The molecule has 18 heavy (non-hydrogen) atoms. The molecule has 0 bridgehead atoms. The number of anilines is 1. The smallest absolute Gasteiger partial charge is 0.187 e. The predicted octanol–water partition coefficient (Wildman–Crippen LogP) is 3.17. The molecule has 0 radical (unpaired) electrons. The zero-order valence-corrected chi connectivity index (χ0v) is 11.5. The zero-order valence-electron chi connectivity index (χ0n) is 10.7. The summed E-state index contributed by atoms with van der Waals surface area (Å²) in [6.07, 6.45) is 6.44. The molecule has 1 aromatic rings. The molecule has 0 saturated carbocycles. The Kier molecular flexibility index (Phi) is 4.75. The van der Waals surface area contributed by atoms with E-state index < -0.39 is 0 Å². The second-order valence-corrected chi connectivity index (χ2v) is 4.97. The van der Waals surface area contributed by atoms with Crippen LogP contribution >= 0.6 is 11.6 Å². The van der Waals surface area contributed by atoms with Gasteiger partial charge in [-0.05, 0) is 19.3 Å². The van der Waals surface area contributed by atoms with Gasteiger partial charge in [0.1, 0.15) is 6.33 Å². The Morgan fingerprint density at radius 1 is 1.39 bits per heavy atom. The Balaban J connectivity index is 2.32. The van der Waals surface area contributed by atoms with E-state index in [9.17, 15) is 4.39 Å². The monoisotopic (exact) mass is 271 g/mol. The van der Waals surface area contributed by atoms with Gasteiger partial charge in [0.05, 0.1) is 5.69 Å². The number of nitrogens with zero attached hydrogens (tertiary/aromatic N) is 3. The first-order valence-corrected chi connectivity index (χ1v) is 7.13. The van der Waals surface area contributed by atoms with Gasteiger partial charge in [-0.2, -0.15) is 0 Å². The molecular weight excluding hydrogens is 253 g/mol. The Morgan fingerprint density at radius 2 is 2.22 bits per heavy atom. The third-order valence-corrected chi connectivity index (χ3v) is 3.86. The molecule has 1 unspecified atom stereocenters. The highest BCUT2D eigenvalue weighted by Crippen LogP contribution is 2.26. The standard InChI is InChI=1S/C13H19ClFN3/c1-2-11-12(15)13(17-9-16-11)18-7-5-3-4-6-10(18)8-14/h9-10H,2-8H2,1H3. The van der Waals surface area contributed by atoms with Crippen molar-refractivity contribution in [2.45, 2.75) is 45.1 Å². The van der Waals surface area contributed by atoms with E-state index in [2.05, 4.69) is 9.97 Å². The predicted molar refractivity (Wildman–Crippen MR) is 71.7 cm³/mol. The zero-order chi connectivity index (χ0) is 13.0. The number of aryl methyl sites for hydroxylation is 1. The summed E-state index contributed by atoms with van der Waals surface area (Å²) in [5.41, 5.74) is 0.484. The lowest BCUT2D eigenvalue weighted by Gasteiger charge is -2.30. The van der Waals surface area contributed by atoms with Crippen molar-refractivity contribution in [3.8, 4) is 0 Å². The molecule has 1 fully saturated rings. The number of hydrogen-bond acceptors (Lipinski definition) is 3. The highest BCUT2D eigenvalue weighted by atomic mass is 35.5. The number of halogens is 2. The van der Waals surface area contributed by atoms with Crippen molar-refractivity contribution in [1.29, 1.82) is 0 Å². The van der Waals surface area contributed by atoms with Gasteiger partial charge >= 0.3 is 0 Å². The Labute approximate surface area is 112 Å². The molecule has 100 valence electrons. The molecule has 1 aliphatic rings. The number of aromatic nitrogens is 2. The minimum atomic E-state index is -0.281. The van der Waals surface area contributed by atoms with E-state index in [1.807, 2.05) is 11.8 Å². The summed E-state index contributed by atoms with van der Waals surface area (Å²) in [7, 11) is 0. The van der Waals surface area contributed by atoms with Crippen LogP contribution in [0.2, 0.25) is 0 Å². The van der Waals surface area contributed by atoms with Crippen molar-refractivity contribution in [1.82, 2.24) is 9.97 Å².